The molecule has 2 heterocycles. The van der Waals surface area contributed by atoms with Crippen LogP contribution in [0.1, 0.15) is 11.1 Å². The van der Waals surface area contributed by atoms with E-state index in [1.54, 1.807) is 0 Å². The molecule has 4 aromatic rings. The normalized spacial score (nSPS) is 10.9. The smallest absolute Gasteiger partial charge is 0.245 e. The maximum atomic E-state index is 4.75. The zero-order valence-corrected chi connectivity index (χ0v) is 15.7. The number of hydrogen-bond donors (Lipinski definition) is 2. The average Bonchev–Trinajstić information content (AvgIpc) is 3.08. The molecule has 0 aliphatic rings. The summed E-state index contributed by atoms with van der Waals surface area (Å²) in [6.45, 7) is 4.13. The summed E-state index contributed by atoms with van der Waals surface area (Å²) in [5, 5.41) is 14.2. The molecule has 2 N–H and O–H groups in total. The van der Waals surface area contributed by atoms with Gasteiger partial charge in [0.25, 0.3) is 0 Å². The lowest BCUT2D eigenvalue weighted by Gasteiger charge is -2.14. The van der Waals surface area contributed by atoms with E-state index in [9.17, 15) is 0 Å². The van der Waals surface area contributed by atoms with E-state index in [1.807, 2.05) is 36.4 Å². The van der Waals surface area contributed by atoms with Crippen molar-refractivity contribution < 1.29 is 4.63 Å². The summed E-state index contributed by atoms with van der Waals surface area (Å²) in [4.78, 5) is 8.99. The Morgan fingerprint density at radius 3 is 2.19 bits per heavy atom. The third-order valence-corrected chi connectivity index (χ3v) is 4.61. The van der Waals surface area contributed by atoms with Gasteiger partial charge in [-0.05, 0) is 65.6 Å². The third kappa shape index (κ3) is 3.23. The van der Waals surface area contributed by atoms with Crippen LogP contribution in [0, 0.1) is 13.8 Å². The van der Waals surface area contributed by atoms with Crippen molar-refractivity contribution in [3.8, 4) is 0 Å². The minimum atomic E-state index is 0.344. The molecule has 0 fully saturated rings. The number of aromatic nitrogens is 4. The Kier molecular flexibility index (Phi) is 4.26. The van der Waals surface area contributed by atoms with Gasteiger partial charge >= 0.3 is 0 Å². The molecule has 130 valence electrons. The van der Waals surface area contributed by atoms with Crippen LogP contribution in [0.25, 0.3) is 11.3 Å². The molecule has 26 heavy (non-hydrogen) atoms. The molecule has 0 radical (unpaired) electrons. The van der Waals surface area contributed by atoms with Gasteiger partial charge in [0.2, 0.25) is 11.3 Å². The highest BCUT2D eigenvalue weighted by Gasteiger charge is 2.14. The molecular formula is C18H15BrN6O. The molecule has 0 aliphatic carbocycles. The molecule has 7 nitrogen and oxygen atoms in total. The summed E-state index contributed by atoms with van der Waals surface area (Å²) in [7, 11) is 0. The number of anilines is 4. The first-order chi connectivity index (χ1) is 12.6. The minimum Gasteiger partial charge on any atom is -0.337 e. The number of halogens is 1. The summed E-state index contributed by atoms with van der Waals surface area (Å²) in [5.74, 6) is 1.08. The van der Waals surface area contributed by atoms with Crippen molar-refractivity contribution in [1.82, 2.24) is 20.3 Å². The first-order valence-corrected chi connectivity index (χ1v) is 8.75. The number of hydrogen-bond acceptors (Lipinski definition) is 7. The summed E-state index contributed by atoms with van der Waals surface area (Å²) in [6.07, 6.45) is 0. The molecule has 0 unspecified atom stereocenters. The van der Waals surface area contributed by atoms with Crippen LogP contribution in [0.15, 0.2) is 51.6 Å². The Balaban J connectivity index is 1.76. The van der Waals surface area contributed by atoms with Crippen LogP contribution in [-0.2, 0) is 0 Å². The second kappa shape index (κ2) is 6.72. The van der Waals surface area contributed by atoms with Crippen molar-refractivity contribution in [2.75, 3.05) is 10.6 Å². The Bertz CT molecular complexity index is 1080. The van der Waals surface area contributed by atoms with Crippen LogP contribution >= 0.6 is 15.9 Å². The van der Waals surface area contributed by atoms with E-state index in [4.69, 9.17) is 4.63 Å². The van der Waals surface area contributed by atoms with Crippen LogP contribution in [0.4, 0.5) is 23.0 Å². The molecule has 0 saturated heterocycles. The highest BCUT2D eigenvalue weighted by Crippen LogP contribution is 2.29. The highest BCUT2D eigenvalue weighted by atomic mass is 79.9. The van der Waals surface area contributed by atoms with Crippen molar-refractivity contribution >= 4 is 50.2 Å². The van der Waals surface area contributed by atoms with E-state index in [1.165, 1.54) is 5.56 Å². The molecule has 0 bridgehead atoms. The van der Waals surface area contributed by atoms with Crippen LogP contribution in [-0.4, -0.2) is 20.3 Å². The summed E-state index contributed by atoms with van der Waals surface area (Å²) < 4.78 is 5.75. The molecule has 0 aliphatic heterocycles. The van der Waals surface area contributed by atoms with Crippen molar-refractivity contribution in [2.45, 2.75) is 13.8 Å². The lowest BCUT2D eigenvalue weighted by Crippen LogP contribution is -2.04. The second-order valence-electron chi connectivity index (χ2n) is 5.84. The molecule has 8 heteroatoms. The molecule has 4 rings (SSSR count). The average molecular weight is 411 g/mol. The fourth-order valence-electron chi connectivity index (χ4n) is 2.50. The SMILES string of the molecule is Cc1cccc(Nc2nc3nonc3nc2Nc2ccc(Br)cc2)c1C. The Hall–Kier alpha value is -3.00. The first-order valence-electron chi connectivity index (χ1n) is 7.96. The van der Waals surface area contributed by atoms with Crippen LogP contribution in [0.2, 0.25) is 0 Å². The molecule has 0 saturated carbocycles. The van der Waals surface area contributed by atoms with Gasteiger partial charge in [0, 0.05) is 15.8 Å². The Morgan fingerprint density at radius 2 is 1.50 bits per heavy atom. The van der Waals surface area contributed by atoms with Gasteiger partial charge in [-0.2, -0.15) is 0 Å². The number of rotatable bonds is 4. The first kappa shape index (κ1) is 16.5. The zero-order valence-electron chi connectivity index (χ0n) is 14.1. The number of fused-ring (bicyclic) bond motifs is 1. The molecule has 2 aromatic heterocycles. The monoisotopic (exact) mass is 410 g/mol. The topological polar surface area (TPSA) is 88.8 Å². The van der Waals surface area contributed by atoms with E-state index in [0.717, 1.165) is 21.4 Å². The third-order valence-electron chi connectivity index (χ3n) is 4.08. The van der Waals surface area contributed by atoms with E-state index in [2.05, 4.69) is 66.8 Å². The minimum absolute atomic E-state index is 0.344. The number of aryl methyl sites for hydroxylation is 1. The van der Waals surface area contributed by atoms with Crippen molar-refractivity contribution in [1.29, 1.82) is 0 Å². The fourth-order valence-corrected chi connectivity index (χ4v) is 2.76. The predicted molar refractivity (Wildman–Crippen MR) is 104 cm³/mol. The molecular weight excluding hydrogens is 396 g/mol. The summed E-state index contributed by atoms with van der Waals surface area (Å²) >= 11 is 3.43. The summed E-state index contributed by atoms with van der Waals surface area (Å²) in [5.41, 5.74) is 4.85. The lowest BCUT2D eigenvalue weighted by atomic mass is 10.1. The number of nitrogens with zero attached hydrogens (tertiary/aromatic N) is 4. The molecule has 0 atom stereocenters. The van der Waals surface area contributed by atoms with Crippen molar-refractivity contribution in [3.63, 3.8) is 0 Å². The predicted octanol–water partition coefficient (Wildman–Crippen LogP) is 4.88. The number of nitrogens with one attached hydrogen (secondary N) is 2. The quantitative estimate of drug-likeness (QED) is 0.495. The van der Waals surface area contributed by atoms with Crippen LogP contribution < -0.4 is 10.6 Å². The van der Waals surface area contributed by atoms with E-state index >= 15 is 0 Å². The standard InChI is InChI=1S/C18H15BrN6O/c1-10-4-3-5-14(11(10)2)21-16-15(20-13-8-6-12(19)7-9-13)22-17-18(23-16)25-26-24-17/h3-9H,1-2H3,(H,20,22,24)(H,21,23,25). The molecule has 2 aromatic carbocycles. The van der Waals surface area contributed by atoms with Crippen LogP contribution in [0.5, 0.6) is 0 Å². The number of benzene rings is 2. The van der Waals surface area contributed by atoms with E-state index in [0.29, 0.717) is 22.9 Å². The van der Waals surface area contributed by atoms with Gasteiger partial charge in [-0.1, -0.05) is 28.1 Å². The van der Waals surface area contributed by atoms with Gasteiger partial charge in [-0.25, -0.2) is 14.6 Å². The lowest BCUT2D eigenvalue weighted by molar-refractivity contribution is 0.314. The second-order valence-corrected chi connectivity index (χ2v) is 6.75. The maximum absolute atomic E-state index is 4.75. The molecule has 0 spiro atoms. The van der Waals surface area contributed by atoms with E-state index < -0.39 is 0 Å². The highest BCUT2D eigenvalue weighted by molar-refractivity contribution is 9.10. The van der Waals surface area contributed by atoms with Gasteiger partial charge < -0.3 is 10.6 Å². The van der Waals surface area contributed by atoms with Crippen molar-refractivity contribution in [3.05, 3.63) is 58.1 Å². The maximum Gasteiger partial charge on any atom is 0.245 e. The molecule has 0 amide bonds. The van der Waals surface area contributed by atoms with Crippen molar-refractivity contribution in [2.24, 2.45) is 0 Å². The van der Waals surface area contributed by atoms with E-state index in [-0.39, 0.29) is 0 Å². The fraction of sp³-hybridized carbons (Fsp3) is 0.111. The van der Waals surface area contributed by atoms with Crippen LogP contribution in [0.3, 0.4) is 0 Å². The van der Waals surface area contributed by atoms with Gasteiger partial charge in [0.15, 0.2) is 11.6 Å². The summed E-state index contributed by atoms with van der Waals surface area (Å²) in [6, 6.07) is 13.8. The van der Waals surface area contributed by atoms with Gasteiger partial charge in [-0.15, -0.1) is 0 Å². The van der Waals surface area contributed by atoms with Gasteiger partial charge in [0.05, 0.1) is 0 Å². The van der Waals surface area contributed by atoms with Gasteiger partial charge in [-0.3, -0.25) is 0 Å². The van der Waals surface area contributed by atoms with Gasteiger partial charge in [0.1, 0.15) is 0 Å². The Labute approximate surface area is 158 Å². The largest absolute Gasteiger partial charge is 0.337 e. The Morgan fingerprint density at radius 1 is 0.846 bits per heavy atom. The zero-order chi connectivity index (χ0) is 18.1.